The van der Waals surface area contributed by atoms with Crippen molar-refractivity contribution in [1.82, 2.24) is 5.32 Å². The van der Waals surface area contributed by atoms with Crippen LogP contribution in [0.3, 0.4) is 0 Å². The summed E-state index contributed by atoms with van der Waals surface area (Å²) in [6.45, 7) is 4.49. The largest absolute Gasteiger partial charge is 0.756 e. The molecule has 0 aromatic heterocycles. The minimum atomic E-state index is -4.62. The van der Waals surface area contributed by atoms with Gasteiger partial charge in [0.2, 0.25) is 5.91 Å². The number of nitrogens with zero attached hydrogens (tertiary/aromatic N) is 1. The third-order valence-electron chi connectivity index (χ3n) is 13.4. The molecule has 3 unspecified atom stereocenters. The van der Waals surface area contributed by atoms with Gasteiger partial charge in [-0.2, -0.15) is 0 Å². The van der Waals surface area contributed by atoms with Crippen LogP contribution < -0.4 is 10.2 Å². The van der Waals surface area contributed by atoms with Gasteiger partial charge < -0.3 is 28.8 Å². The third-order valence-corrected chi connectivity index (χ3v) is 14.3. The first-order chi connectivity index (χ1) is 35.5. The van der Waals surface area contributed by atoms with E-state index in [2.05, 4.69) is 79.9 Å². The summed E-state index contributed by atoms with van der Waals surface area (Å²) in [5.74, 6) is -0.279. The average molecular weight is 1040 g/mol. The van der Waals surface area contributed by atoms with Crippen molar-refractivity contribution in [1.29, 1.82) is 0 Å². The highest BCUT2D eigenvalue weighted by Crippen LogP contribution is 2.38. The van der Waals surface area contributed by atoms with Gasteiger partial charge in [0.15, 0.2) is 0 Å². The SMILES string of the molecule is CC/C=C\C/C=C\C/C=C\C/C=C\C/C=C\C/C=C\CCC(=O)NC(COP(=O)([O-])OCC[N+](C)(C)C)C(O)/C=C/CCCCCCCCCCCCCCCCCCCCCCCCCCCCCCCC. The third kappa shape index (κ3) is 57.2. The second-order valence-electron chi connectivity index (χ2n) is 21.7. The number of quaternary nitrogens is 1. The summed E-state index contributed by atoms with van der Waals surface area (Å²) in [7, 11) is 1.21. The number of carbonyl (C=O) groups is 1. The Morgan fingerprint density at radius 1 is 0.493 bits per heavy atom. The van der Waals surface area contributed by atoms with Gasteiger partial charge in [-0.1, -0.05) is 285 Å². The molecule has 0 fully saturated rings. The molecule has 0 aliphatic carbocycles. The van der Waals surface area contributed by atoms with E-state index in [1.165, 1.54) is 180 Å². The van der Waals surface area contributed by atoms with E-state index in [-0.39, 0.29) is 18.9 Å². The summed E-state index contributed by atoms with van der Waals surface area (Å²) in [6, 6.07) is -0.934. The van der Waals surface area contributed by atoms with Crippen LogP contribution in [0.4, 0.5) is 0 Å². The summed E-state index contributed by atoms with van der Waals surface area (Å²) < 4.78 is 23.3. The number of amides is 1. The highest BCUT2D eigenvalue weighted by atomic mass is 31.2. The number of aliphatic hydroxyl groups excluding tert-OH is 1. The van der Waals surface area contributed by atoms with Crippen LogP contribution in [0.25, 0.3) is 0 Å². The van der Waals surface area contributed by atoms with Crippen molar-refractivity contribution in [2.24, 2.45) is 0 Å². The molecule has 0 spiro atoms. The van der Waals surface area contributed by atoms with Gasteiger partial charge in [0.25, 0.3) is 7.82 Å². The Hall–Kier alpha value is -2.32. The van der Waals surface area contributed by atoms with Crippen molar-refractivity contribution in [2.75, 3.05) is 40.9 Å². The van der Waals surface area contributed by atoms with Crippen molar-refractivity contribution in [3.8, 4) is 0 Å². The molecule has 0 aromatic carbocycles. The molecule has 73 heavy (non-hydrogen) atoms. The number of phosphoric ester groups is 1. The van der Waals surface area contributed by atoms with E-state index < -0.39 is 26.6 Å². The first-order valence-corrected chi connectivity index (χ1v) is 31.9. The lowest BCUT2D eigenvalue weighted by atomic mass is 10.0. The van der Waals surface area contributed by atoms with Crippen LogP contribution >= 0.6 is 7.82 Å². The summed E-state index contributed by atoms with van der Waals surface area (Å²) in [5.41, 5.74) is 0. The van der Waals surface area contributed by atoms with Gasteiger partial charge in [0.05, 0.1) is 39.9 Å². The van der Waals surface area contributed by atoms with Gasteiger partial charge in [0.1, 0.15) is 13.2 Å². The molecule has 2 N–H and O–H groups in total. The molecule has 0 heterocycles. The summed E-state index contributed by atoms with van der Waals surface area (Å²) in [6.07, 6.45) is 77.0. The summed E-state index contributed by atoms with van der Waals surface area (Å²) in [5, 5.41) is 13.8. The van der Waals surface area contributed by atoms with Crippen molar-refractivity contribution in [3.05, 3.63) is 85.1 Å². The number of nitrogens with one attached hydrogen (secondary N) is 1. The van der Waals surface area contributed by atoms with Crippen LogP contribution in [0.15, 0.2) is 85.1 Å². The predicted molar refractivity (Wildman–Crippen MR) is 316 cm³/mol. The van der Waals surface area contributed by atoms with Crippen molar-refractivity contribution < 1.29 is 32.9 Å². The standard InChI is InChI=1S/C64H117N2O6P/c1-6-8-10-12-14-16-18-20-22-24-26-27-28-29-30-31-32-33-34-35-36-37-38-40-41-43-45-47-49-51-53-55-57-63(67)62(61-72-73(69,70)71-60-59-66(3,4)5)65-64(68)58-56-54-52-50-48-46-44-42-39-25-23-21-19-17-15-13-11-9-7-2/h9,11,15,17,21,23,39,42,46,48,52,54-55,57,62-63,67H,6-8,10,12-14,16,18-20,22,24-38,40-41,43-45,47,49-51,53,56,58-61H2,1-5H3,(H-,65,68,69,70)/b11-9-,17-15-,23-21-,42-39-,48-46-,54-52-,57-55+. The van der Waals surface area contributed by atoms with Gasteiger partial charge in [-0.3, -0.25) is 9.36 Å². The van der Waals surface area contributed by atoms with Gasteiger partial charge in [-0.05, 0) is 57.8 Å². The molecule has 424 valence electrons. The zero-order chi connectivity index (χ0) is 53.5. The van der Waals surface area contributed by atoms with E-state index in [0.717, 1.165) is 57.8 Å². The minimum Gasteiger partial charge on any atom is -0.756 e. The Labute approximate surface area is 452 Å². The van der Waals surface area contributed by atoms with Crippen LogP contribution in [0.1, 0.15) is 264 Å². The normalized spacial score (nSPS) is 14.5. The number of aliphatic hydroxyl groups is 1. The smallest absolute Gasteiger partial charge is 0.268 e. The Morgan fingerprint density at radius 3 is 1.19 bits per heavy atom. The van der Waals surface area contributed by atoms with Gasteiger partial charge in [-0.15, -0.1) is 0 Å². The number of rotatable bonds is 55. The summed E-state index contributed by atoms with van der Waals surface area (Å²) >= 11 is 0. The molecule has 0 rings (SSSR count). The fourth-order valence-electron chi connectivity index (χ4n) is 8.65. The molecule has 0 saturated carbocycles. The molecule has 0 aromatic rings. The molecule has 1 amide bonds. The molecule has 9 heteroatoms. The molecule has 0 saturated heterocycles. The highest BCUT2D eigenvalue weighted by Gasteiger charge is 2.23. The topological polar surface area (TPSA) is 108 Å². The molecular weight excluding hydrogens is 924 g/mol. The number of carbonyl (C=O) groups excluding carboxylic acids is 1. The Bertz CT molecular complexity index is 1460. The molecular formula is C64H117N2O6P. The second kappa shape index (κ2) is 54.5. The zero-order valence-electron chi connectivity index (χ0n) is 48.3. The van der Waals surface area contributed by atoms with Crippen LogP contribution in [0.5, 0.6) is 0 Å². The van der Waals surface area contributed by atoms with Crippen LogP contribution in [0.2, 0.25) is 0 Å². The number of phosphoric acid groups is 1. The molecule has 0 aliphatic rings. The lowest BCUT2D eigenvalue weighted by Crippen LogP contribution is -2.45. The molecule has 0 aliphatic heterocycles. The lowest BCUT2D eigenvalue weighted by molar-refractivity contribution is -0.870. The summed E-state index contributed by atoms with van der Waals surface area (Å²) in [4.78, 5) is 25.5. The maximum atomic E-state index is 12.9. The Kier molecular flexibility index (Phi) is 52.7. The van der Waals surface area contributed by atoms with Crippen LogP contribution in [-0.2, 0) is 18.4 Å². The lowest BCUT2D eigenvalue weighted by Gasteiger charge is -2.29. The fraction of sp³-hybridized carbons (Fsp3) is 0.766. The second-order valence-corrected chi connectivity index (χ2v) is 23.1. The molecule has 3 atom stereocenters. The van der Waals surface area contributed by atoms with Crippen molar-refractivity contribution in [3.63, 3.8) is 0 Å². The monoisotopic (exact) mass is 1040 g/mol. The number of hydrogen-bond donors (Lipinski definition) is 2. The van der Waals surface area contributed by atoms with E-state index in [9.17, 15) is 19.4 Å². The minimum absolute atomic E-state index is 0.0184. The van der Waals surface area contributed by atoms with Crippen molar-refractivity contribution >= 4 is 13.7 Å². The van der Waals surface area contributed by atoms with E-state index in [1.54, 1.807) is 6.08 Å². The van der Waals surface area contributed by atoms with Crippen LogP contribution in [-0.4, -0.2) is 68.5 Å². The van der Waals surface area contributed by atoms with Crippen LogP contribution in [0, 0.1) is 0 Å². The van der Waals surface area contributed by atoms with Gasteiger partial charge in [0, 0.05) is 6.42 Å². The maximum absolute atomic E-state index is 12.9. The highest BCUT2D eigenvalue weighted by molar-refractivity contribution is 7.45. The molecule has 0 bridgehead atoms. The number of unbranched alkanes of at least 4 members (excludes halogenated alkanes) is 30. The number of allylic oxidation sites excluding steroid dienone is 13. The van der Waals surface area contributed by atoms with Crippen molar-refractivity contribution in [2.45, 2.75) is 276 Å². The van der Waals surface area contributed by atoms with E-state index >= 15 is 0 Å². The predicted octanol–water partition coefficient (Wildman–Crippen LogP) is 18.2. The molecule has 8 nitrogen and oxygen atoms in total. The van der Waals surface area contributed by atoms with E-state index in [0.29, 0.717) is 17.4 Å². The van der Waals surface area contributed by atoms with Gasteiger partial charge >= 0.3 is 0 Å². The Morgan fingerprint density at radius 2 is 0.836 bits per heavy atom. The Balaban J connectivity index is 4.19. The van der Waals surface area contributed by atoms with Gasteiger partial charge in [-0.25, -0.2) is 0 Å². The first-order valence-electron chi connectivity index (χ1n) is 30.4. The number of hydrogen-bond acceptors (Lipinski definition) is 6. The first kappa shape index (κ1) is 70.7. The fourth-order valence-corrected chi connectivity index (χ4v) is 9.37. The quantitative estimate of drug-likeness (QED) is 0.0272. The molecule has 0 radical (unpaired) electrons. The zero-order valence-corrected chi connectivity index (χ0v) is 49.2. The maximum Gasteiger partial charge on any atom is 0.268 e. The van der Waals surface area contributed by atoms with E-state index in [1.807, 2.05) is 39.4 Å². The number of likely N-dealkylation sites (N-methyl/N-ethyl adjacent to an activating group) is 1. The van der Waals surface area contributed by atoms with E-state index in [4.69, 9.17) is 9.05 Å². The average Bonchev–Trinajstić information content (AvgIpc) is 3.35.